The second kappa shape index (κ2) is 5.73. The Morgan fingerprint density at radius 1 is 0.864 bits per heavy atom. The summed E-state index contributed by atoms with van der Waals surface area (Å²) in [7, 11) is -7.01. The van der Waals surface area contributed by atoms with Gasteiger partial charge in [-0.3, -0.25) is 4.72 Å². The summed E-state index contributed by atoms with van der Waals surface area (Å²) in [6.45, 7) is 3.62. The van der Waals surface area contributed by atoms with Gasteiger partial charge in [-0.05, 0) is 49.7 Å². The summed E-state index contributed by atoms with van der Waals surface area (Å²) in [5.74, 6) is 0. The zero-order chi connectivity index (χ0) is 16.5. The molecule has 2 aromatic carbocycles. The summed E-state index contributed by atoms with van der Waals surface area (Å²) >= 11 is 0. The minimum atomic E-state index is -3.71. The molecule has 0 aliphatic heterocycles. The van der Waals surface area contributed by atoms with Gasteiger partial charge in [-0.15, -0.1) is 0 Å². The molecule has 0 radical (unpaired) electrons. The molecular weight excluding hydrogens is 322 g/mol. The fourth-order valence-electron chi connectivity index (χ4n) is 2.08. The van der Waals surface area contributed by atoms with E-state index in [1.807, 2.05) is 6.92 Å². The molecule has 0 saturated carbocycles. The average molecular weight is 339 g/mol. The van der Waals surface area contributed by atoms with Crippen molar-refractivity contribution in [2.45, 2.75) is 23.6 Å². The lowest BCUT2D eigenvalue weighted by atomic mass is 10.2. The van der Waals surface area contributed by atoms with Crippen LogP contribution >= 0.6 is 0 Å². The molecule has 0 bridgehead atoms. The smallest absolute Gasteiger partial charge is 0.262 e. The van der Waals surface area contributed by atoms with E-state index in [9.17, 15) is 16.8 Å². The first kappa shape index (κ1) is 16.5. The summed E-state index contributed by atoms with van der Waals surface area (Å²) in [6.07, 6.45) is 1.10. The Labute approximate surface area is 131 Å². The molecule has 0 unspecified atom stereocenters. The van der Waals surface area contributed by atoms with E-state index >= 15 is 0 Å². The SMILES string of the molecule is Cc1ccc(S(=O)(=O)Nc2ccc(S(C)(=O)=O)cc2)c(C)c1. The number of hydrogen-bond acceptors (Lipinski definition) is 4. The lowest BCUT2D eigenvalue weighted by Crippen LogP contribution is -2.14. The Bertz CT molecular complexity index is 899. The molecule has 0 spiro atoms. The van der Waals surface area contributed by atoms with Crippen LogP contribution in [0.25, 0.3) is 0 Å². The van der Waals surface area contributed by atoms with Crippen LogP contribution in [0.5, 0.6) is 0 Å². The predicted molar refractivity (Wildman–Crippen MR) is 86.3 cm³/mol. The lowest BCUT2D eigenvalue weighted by molar-refractivity contribution is 0.600. The van der Waals surface area contributed by atoms with Gasteiger partial charge in [-0.1, -0.05) is 17.7 Å². The topological polar surface area (TPSA) is 80.3 Å². The van der Waals surface area contributed by atoms with Crippen LogP contribution in [0.3, 0.4) is 0 Å². The predicted octanol–water partition coefficient (Wildman–Crippen LogP) is 2.51. The van der Waals surface area contributed by atoms with Crippen LogP contribution in [0.2, 0.25) is 0 Å². The summed E-state index contributed by atoms with van der Waals surface area (Å²) < 4.78 is 50.0. The number of anilines is 1. The maximum Gasteiger partial charge on any atom is 0.262 e. The molecular formula is C15H17NO4S2. The molecule has 0 fully saturated rings. The Hall–Kier alpha value is -1.86. The number of nitrogens with one attached hydrogen (secondary N) is 1. The quantitative estimate of drug-likeness (QED) is 0.928. The van der Waals surface area contributed by atoms with Crippen LogP contribution in [0.4, 0.5) is 5.69 Å². The number of sulfone groups is 1. The van der Waals surface area contributed by atoms with Gasteiger partial charge in [0.1, 0.15) is 0 Å². The zero-order valence-electron chi connectivity index (χ0n) is 12.5. The molecule has 0 aliphatic rings. The van der Waals surface area contributed by atoms with Gasteiger partial charge in [-0.2, -0.15) is 0 Å². The third-order valence-corrected chi connectivity index (χ3v) is 5.82. The molecule has 0 aromatic heterocycles. The third kappa shape index (κ3) is 3.66. The molecule has 0 atom stereocenters. The minimum Gasteiger partial charge on any atom is -0.280 e. The number of benzene rings is 2. The van der Waals surface area contributed by atoms with Gasteiger partial charge in [-0.25, -0.2) is 16.8 Å². The van der Waals surface area contributed by atoms with Gasteiger partial charge >= 0.3 is 0 Å². The number of rotatable bonds is 4. The molecule has 0 saturated heterocycles. The molecule has 7 heteroatoms. The minimum absolute atomic E-state index is 0.141. The summed E-state index contributed by atoms with van der Waals surface area (Å²) in [5, 5.41) is 0. The van der Waals surface area contributed by atoms with Crippen molar-refractivity contribution in [1.29, 1.82) is 0 Å². The van der Waals surface area contributed by atoms with Crippen molar-refractivity contribution in [3.05, 3.63) is 53.6 Å². The van der Waals surface area contributed by atoms with Crippen LogP contribution in [0.1, 0.15) is 11.1 Å². The second-order valence-electron chi connectivity index (χ2n) is 5.17. The van der Waals surface area contributed by atoms with E-state index in [-0.39, 0.29) is 9.79 Å². The van der Waals surface area contributed by atoms with Crippen LogP contribution in [-0.2, 0) is 19.9 Å². The van der Waals surface area contributed by atoms with Gasteiger partial charge in [0, 0.05) is 11.9 Å². The van der Waals surface area contributed by atoms with Crippen molar-refractivity contribution >= 4 is 25.5 Å². The first-order chi connectivity index (χ1) is 10.1. The zero-order valence-corrected chi connectivity index (χ0v) is 14.1. The Morgan fingerprint density at radius 3 is 1.95 bits per heavy atom. The lowest BCUT2D eigenvalue weighted by Gasteiger charge is -2.11. The molecule has 2 aromatic rings. The Balaban J connectivity index is 2.33. The molecule has 2 rings (SSSR count). The van der Waals surface area contributed by atoms with Gasteiger partial charge in [0.2, 0.25) is 0 Å². The molecule has 5 nitrogen and oxygen atoms in total. The molecule has 0 aliphatic carbocycles. The van der Waals surface area contributed by atoms with E-state index in [4.69, 9.17) is 0 Å². The van der Waals surface area contributed by atoms with E-state index in [1.165, 1.54) is 24.3 Å². The largest absolute Gasteiger partial charge is 0.280 e. The maximum absolute atomic E-state index is 12.4. The Kier molecular flexibility index (Phi) is 4.30. The first-order valence-electron chi connectivity index (χ1n) is 6.50. The van der Waals surface area contributed by atoms with Crippen molar-refractivity contribution in [3.63, 3.8) is 0 Å². The van der Waals surface area contributed by atoms with E-state index in [2.05, 4.69) is 4.72 Å². The monoisotopic (exact) mass is 339 g/mol. The van der Waals surface area contributed by atoms with Gasteiger partial charge in [0.15, 0.2) is 9.84 Å². The van der Waals surface area contributed by atoms with Gasteiger partial charge in [0.25, 0.3) is 10.0 Å². The third-order valence-electron chi connectivity index (χ3n) is 3.15. The molecule has 0 amide bonds. The summed E-state index contributed by atoms with van der Waals surface area (Å²) in [5.41, 5.74) is 1.95. The van der Waals surface area contributed by atoms with Crippen molar-refractivity contribution in [1.82, 2.24) is 0 Å². The molecule has 1 N–H and O–H groups in total. The summed E-state index contributed by atoms with van der Waals surface area (Å²) in [6, 6.07) is 10.7. The highest BCUT2D eigenvalue weighted by atomic mass is 32.2. The highest BCUT2D eigenvalue weighted by Crippen LogP contribution is 2.21. The second-order valence-corrected chi connectivity index (χ2v) is 8.84. The van der Waals surface area contributed by atoms with Gasteiger partial charge < -0.3 is 0 Å². The standard InChI is InChI=1S/C15H17NO4S2/c1-11-4-9-15(12(2)10-11)22(19,20)16-13-5-7-14(8-6-13)21(3,17)18/h4-10,16H,1-3H3. The number of aryl methyl sites for hydroxylation is 2. The van der Waals surface area contributed by atoms with Crippen molar-refractivity contribution < 1.29 is 16.8 Å². The van der Waals surface area contributed by atoms with Crippen LogP contribution in [0, 0.1) is 13.8 Å². The van der Waals surface area contributed by atoms with Crippen molar-refractivity contribution in [2.24, 2.45) is 0 Å². The van der Waals surface area contributed by atoms with E-state index < -0.39 is 19.9 Å². The van der Waals surface area contributed by atoms with Crippen LogP contribution < -0.4 is 4.72 Å². The Morgan fingerprint density at radius 2 is 1.45 bits per heavy atom. The fraction of sp³-hybridized carbons (Fsp3) is 0.200. The first-order valence-corrected chi connectivity index (χ1v) is 9.87. The van der Waals surface area contributed by atoms with Gasteiger partial charge in [0.05, 0.1) is 9.79 Å². The fourth-order valence-corrected chi connectivity index (χ4v) is 4.00. The summed E-state index contributed by atoms with van der Waals surface area (Å²) in [4.78, 5) is 0.340. The van der Waals surface area contributed by atoms with E-state index in [0.717, 1.165) is 11.8 Å². The maximum atomic E-state index is 12.4. The molecule has 22 heavy (non-hydrogen) atoms. The normalized spacial score (nSPS) is 12.1. The average Bonchev–Trinajstić information content (AvgIpc) is 2.37. The van der Waals surface area contributed by atoms with Crippen LogP contribution in [0.15, 0.2) is 52.3 Å². The number of sulfonamides is 1. The molecule has 118 valence electrons. The molecule has 0 heterocycles. The van der Waals surface area contributed by atoms with Crippen molar-refractivity contribution in [3.8, 4) is 0 Å². The van der Waals surface area contributed by atoms with E-state index in [0.29, 0.717) is 11.3 Å². The number of hydrogen-bond donors (Lipinski definition) is 1. The van der Waals surface area contributed by atoms with E-state index in [1.54, 1.807) is 25.1 Å². The highest BCUT2D eigenvalue weighted by Gasteiger charge is 2.17. The van der Waals surface area contributed by atoms with Crippen molar-refractivity contribution in [2.75, 3.05) is 11.0 Å². The highest BCUT2D eigenvalue weighted by molar-refractivity contribution is 7.92. The van der Waals surface area contributed by atoms with Crippen LogP contribution in [-0.4, -0.2) is 23.1 Å².